The number of benzene rings is 2. The van der Waals surface area contributed by atoms with Crippen molar-refractivity contribution in [2.45, 2.75) is 106 Å². The second-order valence-corrected chi connectivity index (χ2v) is 21.0. The van der Waals surface area contributed by atoms with Crippen LogP contribution in [0.15, 0.2) is 72.8 Å². The number of nitrogens with zero attached hydrogens (tertiary/aromatic N) is 1. The summed E-state index contributed by atoms with van der Waals surface area (Å²) >= 11 is 0. The van der Waals surface area contributed by atoms with Gasteiger partial charge in [-0.05, 0) is 143 Å². The van der Waals surface area contributed by atoms with Crippen molar-refractivity contribution in [3.05, 3.63) is 89.5 Å². The molecular formula is C52H71NO6. The zero-order valence-electron chi connectivity index (χ0n) is 37.2. The second-order valence-electron chi connectivity index (χ2n) is 21.0. The summed E-state index contributed by atoms with van der Waals surface area (Å²) in [5, 5.41) is 0. The smallest absolute Gasteiger partial charge is 0.337 e. The summed E-state index contributed by atoms with van der Waals surface area (Å²) in [7, 11) is 1.44. The van der Waals surface area contributed by atoms with E-state index in [1.807, 2.05) is 30.3 Å². The Bertz CT molecular complexity index is 1920. The number of carbonyl (C=O) groups excluding carboxylic acids is 2. The van der Waals surface area contributed by atoms with Gasteiger partial charge in [0.25, 0.3) is 0 Å². The molecule has 0 radical (unpaired) electrons. The quantitative estimate of drug-likeness (QED) is 0.127. The molecule has 4 saturated carbocycles. The van der Waals surface area contributed by atoms with Crippen molar-refractivity contribution in [2.24, 2.45) is 56.2 Å². The van der Waals surface area contributed by atoms with Gasteiger partial charge in [-0.3, -0.25) is 9.69 Å². The molecule has 9 atom stereocenters. The van der Waals surface area contributed by atoms with Gasteiger partial charge >= 0.3 is 11.9 Å². The van der Waals surface area contributed by atoms with Gasteiger partial charge in [-0.1, -0.05) is 96.7 Å². The number of hydrogen-bond acceptors (Lipinski definition) is 7. The number of hydrogen-bond donors (Lipinski definition) is 0. The Morgan fingerprint density at radius 2 is 1.53 bits per heavy atom. The Kier molecular flexibility index (Phi) is 11.4. The summed E-state index contributed by atoms with van der Waals surface area (Å²) in [6.07, 6.45) is 12.0. The third-order valence-corrected chi connectivity index (χ3v) is 18.5. The number of methoxy groups -OCH3 is 1. The third-order valence-electron chi connectivity index (χ3n) is 18.5. The first kappa shape index (κ1) is 42.4. The lowest BCUT2D eigenvalue weighted by molar-refractivity contribution is -0.264. The molecule has 5 fully saturated rings. The van der Waals surface area contributed by atoms with Crippen LogP contribution < -0.4 is 0 Å². The topological polar surface area (TPSA) is 74.3 Å². The number of morpholine rings is 1. The minimum absolute atomic E-state index is 0.00688. The van der Waals surface area contributed by atoms with Crippen LogP contribution >= 0.6 is 0 Å². The molecular weight excluding hydrogens is 735 g/mol. The molecule has 2 aromatic carbocycles. The van der Waals surface area contributed by atoms with Gasteiger partial charge in [-0.2, -0.15) is 0 Å². The lowest BCUT2D eigenvalue weighted by Gasteiger charge is -2.75. The molecule has 1 aliphatic heterocycles. The van der Waals surface area contributed by atoms with E-state index in [0.717, 1.165) is 82.5 Å². The first-order valence-electron chi connectivity index (χ1n) is 22.8. The van der Waals surface area contributed by atoms with Crippen molar-refractivity contribution in [1.82, 2.24) is 4.90 Å². The normalized spacial score (nSPS) is 37.5. The van der Waals surface area contributed by atoms with Crippen LogP contribution in [0, 0.1) is 56.2 Å². The Morgan fingerprint density at radius 3 is 2.24 bits per heavy atom. The fourth-order valence-electron chi connectivity index (χ4n) is 15.2. The molecule has 8 rings (SSSR count). The predicted octanol–water partition coefficient (Wildman–Crippen LogP) is 10.6. The van der Waals surface area contributed by atoms with Crippen molar-refractivity contribution < 1.29 is 28.5 Å². The summed E-state index contributed by atoms with van der Waals surface area (Å²) in [4.78, 5) is 29.5. The maximum Gasteiger partial charge on any atom is 0.337 e. The van der Waals surface area contributed by atoms with E-state index >= 15 is 0 Å². The monoisotopic (exact) mass is 806 g/mol. The van der Waals surface area contributed by atoms with Crippen molar-refractivity contribution in [1.29, 1.82) is 0 Å². The Morgan fingerprint density at radius 1 is 0.831 bits per heavy atom. The van der Waals surface area contributed by atoms with Crippen molar-refractivity contribution in [3.63, 3.8) is 0 Å². The number of esters is 2. The molecule has 0 unspecified atom stereocenters. The molecule has 7 heteroatoms. The first-order valence-corrected chi connectivity index (χ1v) is 22.8. The molecule has 320 valence electrons. The number of fused-ring (bicyclic) bond motifs is 7. The van der Waals surface area contributed by atoms with Gasteiger partial charge in [0, 0.05) is 19.6 Å². The van der Waals surface area contributed by atoms with E-state index in [1.54, 1.807) is 0 Å². The number of ether oxygens (including phenoxy) is 4. The lowest BCUT2D eigenvalue weighted by Crippen LogP contribution is -2.69. The van der Waals surface area contributed by atoms with Crippen LogP contribution in [0.2, 0.25) is 0 Å². The fourth-order valence-corrected chi connectivity index (χ4v) is 15.2. The Hall–Kier alpha value is -3.26. The molecule has 7 nitrogen and oxygen atoms in total. The zero-order valence-corrected chi connectivity index (χ0v) is 37.2. The highest BCUT2D eigenvalue weighted by Crippen LogP contribution is 2.81. The molecule has 0 bridgehead atoms. The summed E-state index contributed by atoms with van der Waals surface area (Å²) in [6.45, 7) is 26.2. The summed E-state index contributed by atoms with van der Waals surface area (Å²) < 4.78 is 23.4. The van der Waals surface area contributed by atoms with Crippen molar-refractivity contribution in [3.8, 4) is 0 Å². The number of allylic oxidation sites excluding steroid dienone is 2. The van der Waals surface area contributed by atoms with Gasteiger partial charge < -0.3 is 18.9 Å². The van der Waals surface area contributed by atoms with E-state index < -0.39 is 5.41 Å². The maximum atomic E-state index is 14.9. The van der Waals surface area contributed by atoms with E-state index in [-0.39, 0.29) is 50.8 Å². The van der Waals surface area contributed by atoms with Crippen molar-refractivity contribution in [2.75, 3.05) is 53.2 Å². The van der Waals surface area contributed by atoms with Crippen LogP contribution in [0.1, 0.15) is 121 Å². The van der Waals surface area contributed by atoms with Gasteiger partial charge in [0.05, 0.1) is 44.5 Å². The molecule has 59 heavy (non-hydrogen) atoms. The van der Waals surface area contributed by atoms with Crippen LogP contribution in [-0.4, -0.2) is 70.0 Å². The Labute approximate surface area is 354 Å². The predicted molar refractivity (Wildman–Crippen MR) is 233 cm³/mol. The molecule has 2 aromatic rings. The van der Waals surface area contributed by atoms with Gasteiger partial charge in [0.1, 0.15) is 6.61 Å². The molecule has 0 spiro atoms. The highest BCUT2D eigenvalue weighted by molar-refractivity contribution is 5.90. The molecule has 6 aliphatic rings. The largest absolute Gasteiger partial charge is 0.465 e. The van der Waals surface area contributed by atoms with Gasteiger partial charge in [-0.25, -0.2) is 4.79 Å². The summed E-state index contributed by atoms with van der Waals surface area (Å²) in [6, 6.07) is 18.2. The standard InChI is InChI=1S/C52H71NO6/c1-36(34-58-33-30-53-28-31-57-32-29-53)40-18-25-52(46(55)59-35-37-12-10-9-11-13-37)27-26-51(7)49(5)23-20-42-47(2,3)41(38-14-16-39(17-15-38)45(54)56-8)19-22-48(42,4)43(49)21-24-50(51,6)44(40)52/h9-17,19,40,42-44H,1,18,20-35H2,2-8H3/t40-,42-,43+,44+,48-,49+,50+,51-,52-/m0/s1. The zero-order chi connectivity index (χ0) is 41.8. The van der Waals surface area contributed by atoms with E-state index in [9.17, 15) is 9.59 Å². The van der Waals surface area contributed by atoms with E-state index in [2.05, 4.69) is 76.8 Å². The lowest BCUT2D eigenvalue weighted by atomic mass is 9.29. The van der Waals surface area contributed by atoms with Crippen LogP contribution in [0.3, 0.4) is 0 Å². The second kappa shape index (κ2) is 15.9. The summed E-state index contributed by atoms with van der Waals surface area (Å²) in [5.74, 6) is 1.17. The van der Waals surface area contributed by atoms with Crippen LogP contribution in [0.25, 0.3) is 5.57 Å². The molecule has 1 saturated heterocycles. The minimum Gasteiger partial charge on any atom is -0.465 e. The minimum atomic E-state index is -0.525. The number of rotatable bonds is 11. The van der Waals surface area contributed by atoms with Gasteiger partial charge in [-0.15, -0.1) is 0 Å². The third kappa shape index (κ3) is 6.79. The first-order chi connectivity index (χ1) is 28.1. The number of carbonyl (C=O) groups is 2. The molecule has 0 amide bonds. The van der Waals surface area contributed by atoms with E-state index in [0.29, 0.717) is 37.2 Å². The van der Waals surface area contributed by atoms with E-state index in [4.69, 9.17) is 25.5 Å². The average molecular weight is 806 g/mol. The average Bonchev–Trinajstić information content (AvgIpc) is 3.65. The molecule has 0 aromatic heterocycles. The van der Waals surface area contributed by atoms with Gasteiger partial charge in [0.15, 0.2) is 0 Å². The molecule has 0 N–H and O–H groups in total. The van der Waals surface area contributed by atoms with Crippen LogP contribution in [-0.2, 0) is 30.3 Å². The van der Waals surface area contributed by atoms with Crippen LogP contribution in [0.4, 0.5) is 0 Å². The fraction of sp³-hybridized carbons (Fsp3) is 0.654. The molecule has 1 heterocycles. The van der Waals surface area contributed by atoms with E-state index in [1.165, 1.54) is 37.5 Å². The Balaban J connectivity index is 1.09. The maximum absolute atomic E-state index is 14.9. The van der Waals surface area contributed by atoms with Crippen LogP contribution in [0.5, 0.6) is 0 Å². The summed E-state index contributed by atoms with van der Waals surface area (Å²) in [5.41, 5.74) is 5.07. The highest BCUT2D eigenvalue weighted by Gasteiger charge is 2.75. The SMILES string of the molecule is C=C(COCCN1CCOCC1)[C@@H]1CC[C@]2(C(=O)OCc3ccccc3)CC[C@@]3(C)[C@]4(C)CC[C@H]5C(C)(C)C(c6ccc(C(=O)OC)cc6)=CC[C@]5(C)[C@H]4CC[C@]3(C)[C@@H]12. The highest BCUT2D eigenvalue weighted by atomic mass is 16.5. The van der Waals surface area contributed by atoms with Crippen molar-refractivity contribution >= 4 is 17.5 Å². The van der Waals surface area contributed by atoms with Gasteiger partial charge in [0.2, 0.25) is 0 Å². The molecule has 5 aliphatic carbocycles.